The molecule has 9 heteroatoms. The van der Waals surface area contributed by atoms with E-state index in [1.54, 1.807) is 28.8 Å². The third-order valence-electron chi connectivity index (χ3n) is 3.69. The summed E-state index contributed by atoms with van der Waals surface area (Å²) in [6, 6.07) is 9.19. The molecular formula is C18H12Cl2N2O3S2. The number of hydrogen-bond acceptors (Lipinski definition) is 4. The molecule has 0 aliphatic carbocycles. The van der Waals surface area contributed by atoms with Crippen LogP contribution in [0.15, 0.2) is 46.3 Å². The molecule has 1 aromatic heterocycles. The van der Waals surface area contributed by atoms with E-state index < -0.39 is 15.7 Å². The van der Waals surface area contributed by atoms with Gasteiger partial charge in [0.25, 0.3) is 5.91 Å². The fourth-order valence-corrected chi connectivity index (χ4v) is 5.07. The number of carbonyl (C=O) groups is 1. The minimum Gasteiger partial charge on any atom is -0.303 e. The largest absolute Gasteiger partial charge is 0.303 e. The van der Waals surface area contributed by atoms with Crippen LogP contribution >= 0.6 is 34.5 Å². The Balaban J connectivity index is 2.28. The number of thiazole rings is 1. The van der Waals surface area contributed by atoms with Gasteiger partial charge in [-0.2, -0.15) is 4.99 Å². The van der Waals surface area contributed by atoms with E-state index in [0.29, 0.717) is 20.3 Å². The topological polar surface area (TPSA) is 68.5 Å². The Kier molecular flexibility index (Phi) is 5.45. The van der Waals surface area contributed by atoms with Gasteiger partial charge in [-0.1, -0.05) is 52.6 Å². The van der Waals surface area contributed by atoms with Crippen LogP contribution in [0.5, 0.6) is 0 Å². The van der Waals surface area contributed by atoms with Crippen LogP contribution in [0.3, 0.4) is 0 Å². The van der Waals surface area contributed by atoms with E-state index in [0.717, 1.165) is 17.6 Å². The zero-order chi connectivity index (χ0) is 19.8. The summed E-state index contributed by atoms with van der Waals surface area (Å²) in [7, 11) is -3.59. The van der Waals surface area contributed by atoms with Gasteiger partial charge in [-0.15, -0.1) is 6.42 Å². The first-order chi connectivity index (χ1) is 12.7. The molecule has 0 aliphatic heterocycles. The second-order valence-electron chi connectivity index (χ2n) is 5.57. The van der Waals surface area contributed by atoms with Gasteiger partial charge in [-0.25, -0.2) is 8.42 Å². The Labute approximate surface area is 169 Å². The lowest BCUT2D eigenvalue weighted by Gasteiger charge is -2.04. The van der Waals surface area contributed by atoms with E-state index in [-0.39, 0.29) is 21.8 Å². The third kappa shape index (κ3) is 3.80. The molecule has 0 atom stereocenters. The molecule has 27 heavy (non-hydrogen) atoms. The van der Waals surface area contributed by atoms with Gasteiger partial charge in [-0.3, -0.25) is 4.79 Å². The van der Waals surface area contributed by atoms with Crippen molar-refractivity contribution in [2.45, 2.75) is 11.4 Å². The molecule has 2 aromatic carbocycles. The number of hydrogen-bond donors (Lipinski definition) is 0. The van der Waals surface area contributed by atoms with Crippen molar-refractivity contribution < 1.29 is 13.2 Å². The van der Waals surface area contributed by atoms with Crippen molar-refractivity contribution in [2.75, 3.05) is 6.26 Å². The lowest BCUT2D eigenvalue weighted by atomic mass is 10.2. The molecule has 0 saturated heterocycles. The van der Waals surface area contributed by atoms with Crippen molar-refractivity contribution in [3.8, 4) is 12.3 Å². The molecular weight excluding hydrogens is 427 g/mol. The van der Waals surface area contributed by atoms with Gasteiger partial charge in [0.15, 0.2) is 14.6 Å². The monoisotopic (exact) mass is 438 g/mol. The van der Waals surface area contributed by atoms with Crippen LogP contribution in [0.25, 0.3) is 10.2 Å². The van der Waals surface area contributed by atoms with E-state index in [1.807, 2.05) is 0 Å². The van der Waals surface area contributed by atoms with Crippen LogP contribution in [0.1, 0.15) is 10.4 Å². The van der Waals surface area contributed by atoms with Gasteiger partial charge >= 0.3 is 0 Å². The molecule has 0 unspecified atom stereocenters. The number of terminal acetylenes is 1. The first-order valence-corrected chi connectivity index (χ1v) is 11.0. The highest BCUT2D eigenvalue weighted by Crippen LogP contribution is 2.31. The smallest absolute Gasteiger partial charge is 0.280 e. The summed E-state index contributed by atoms with van der Waals surface area (Å²) >= 11 is 13.7. The predicted molar refractivity (Wildman–Crippen MR) is 108 cm³/mol. The van der Waals surface area contributed by atoms with E-state index >= 15 is 0 Å². The number of sulfone groups is 1. The van der Waals surface area contributed by atoms with Gasteiger partial charge in [0.05, 0.1) is 37.3 Å². The standard InChI is InChI=1S/C18H12Cl2N2O3S2/c1-3-10-22-15-12(19)8-9-13(20)16(15)26-18(22)21-17(23)11-6-4-5-7-14(11)27(2,24)25/h1,4-9H,10H2,2H3. The minimum atomic E-state index is -3.59. The van der Waals surface area contributed by atoms with Crippen molar-refractivity contribution in [1.82, 2.24) is 4.57 Å². The minimum absolute atomic E-state index is 0.0121. The Morgan fingerprint density at radius 1 is 1.22 bits per heavy atom. The number of fused-ring (bicyclic) bond motifs is 1. The molecule has 0 saturated carbocycles. The molecule has 0 fully saturated rings. The zero-order valence-electron chi connectivity index (χ0n) is 13.9. The van der Waals surface area contributed by atoms with Crippen molar-refractivity contribution >= 4 is 60.5 Å². The highest BCUT2D eigenvalue weighted by atomic mass is 35.5. The van der Waals surface area contributed by atoms with Crippen LogP contribution in [0.4, 0.5) is 0 Å². The Hall–Kier alpha value is -2.11. The average molecular weight is 439 g/mol. The fourth-order valence-electron chi connectivity index (χ4n) is 2.55. The van der Waals surface area contributed by atoms with Crippen molar-refractivity contribution in [2.24, 2.45) is 4.99 Å². The highest BCUT2D eigenvalue weighted by Gasteiger charge is 2.19. The molecule has 0 radical (unpaired) electrons. The quantitative estimate of drug-likeness (QED) is 0.584. The molecule has 3 rings (SSSR count). The van der Waals surface area contributed by atoms with Gasteiger partial charge in [0.2, 0.25) is 0 Å². The molecule has 3 aromatic rings. The summed E-state index contributed by atoms with van der Waals surface area (Å²) in [5.74, 6) is 1.80. The number of halogens is 2. The van der Waals surface area contributed by atoms with Crippen molar-refractivity contribution in [1.29, 1.82) is 0 Å². The normalized spacial score (nSPS) is 12.3. The van der Waals surface area contributed by atoms with Crippen LogP contribution in [0, 0.1) is 12.3 Å². The third-order valence-corrected chi connectivity index (χ3v) is 6.69. The van der Waals surface area contributed by atoms with E-state index in [4.69, 9.17) is 29.6 Å². The van der Waals surface area contributed by atoms with E-state index in [2.05, 4.69) is 10.9 Å². The Bertz CT molecular complexity index is 1280. The fraction of sp³-hybridized carbons (Fsp3) is 0.111. The molecule has 0 aliphatic rings. The van der Waals surface area contributed by atoms with Crippen LogP contribution in [0.2, 0.25) is 10.0 Å². The zero-order valence-corrected chi connectivity index (χ0v) is 17.1. The summed E-state index contributed by atoms with van der Waals surface area (Å²) < 4.78 is 26.2. The molecule has 5 nitrogen and oxygen atoms in total. The highest BCUT2D eigenvalue weighted by molar-refractivity contribution is 7.90. The molecule has 1 heterocycles. The molecule has 1 amide bonds. The molecule has 0 bridgehead atoms. The molecule has 0 N–H and O–H groups in total. The number of aromatic nitrogens is 1. The summed E-state index contributed by atoms with van der Waals surface area (Å²) in [6.07, 6.45) is 6.48. The second-order valence-corrected chi connectivity index (χ2v) is 9.34. The Morgan fingerprint density at radius 2 is 1.89 bits per heavy atom. The Morgan fingerprint density at radius 3 is 2.56 bits per heavy atom. The van der Waals surface area contributed by atoms with Crippen LogP contribution < -0.4 is 4.80 Å². The summed E-state index contributed by atoms with van der Waals surface area (Å²) in [4.78, 5) is 17.0. The molecule has 138 valence electrons. The second kappa shape index (κ2) is 7.49. The lowest BCUT2D eigenvalue weighted by molar-refractivity contribution is 0.0995. The number of nitrogens with zero attached hydrogens (tertiary/aromatic N) is 2. The lowest BCUT2D eigenvalue weighted by Crippen LogP contribution is -2.17. The van der Waals surface area contributed by atoms with Crippen LogP contribution in [-0.4, -0.2) is 25.1 Å². The first kappa shape index (κ1) is 19.6. The van der Waals surface area contributed by atoms with Gasteiger partial charge in [0, 0.05) is 6.26 Å². The van der Waals surface area contributed by atoms with Crippen molar-refractivity contribution in [3.05, 3.63) is 56.8 Å². The van der Waals surface area contributed by atoms with E-state index in [9.17, 15) is 13.2 Å². The summed E-state index contributed by atoms with van der Waals surface area (Å²) in [5.41, 5.74) is 0.567. The number of carbonyl (C=O) groups excluding carboxylic acids is 1. The van der Waals surface area contributed by atoms with E-state index in [1.165, 1.54) is 12.1 Å². The maximum absolute atomic E-state index is 12.7. The summed E-state index contributed by atoms with van der Waals surface area (Å²) in [5, 5.41) is 0.877. The average Bonchev–Trinajstić information content (AvgIpc) is 2.97. The molecule has 0 spiro atoms. The number of rotatable bonds is 3. The van der Waals surface area contributed by atoms with Crippen molar-refractivity contribution in [3.63, 3.8) is 0 Å². The maximum atomic E-state index is 12.7. The SMILES string of the molecule is C#CCn1c(=NC(=O)c2ccccc2S(C)(=O)=O)sc2c(Cl)ccc(Cl)c21. The first-order valence-electron chi connectivity index (χ1n) is 7.53. The van der Waals surface area contributed by atoms with Gasteiger partial charge in [0.1, 0.15) is 0 Å². The maximum Gasteiger partial charge on any atom is 0.280 e. The summed E-state index contributed by atoms with van der Waals surface area (Å²) in [6.45, 7) is 0.125. The van der Waals surface area contributed by atoms with Gasteiger partial charge < -0.3 is 4.57 Å². The number of benzene rings is 2. The number of amides is 1. The van der Waals surface area contributed by atoms with Gasteiger partial charge in [-0.05, 0) is 24.3 Å². The van der Waals surface area contributed by atoms with Crippen LogP contribution in [-0.2, 0) is 16.4 Å². The predicted octanol–water partition coefficient (Wildman–Crippen LogP) is 3.79.